The molecule has 1 aliphatic heterocycles. The van der Waals surface area contributed by atoms with Gasteiger partial charge in [0.05, 0.1) is 12.7 Å². The van der Waals surface area contributed by atoms with Crippen molar-refractivity contribution < 1.29 is 14.3 Å². The zero-order valence-corrected chi connectivity index (χ0v) is 9.57. The van der Waals surface area contributed by atoms with Crippen molar-refractivity contribution in [1.29, 1.82) is 0 Å². The normalized spacial score (nSPS) is 24.4. The first-order valence-corrected chi connectivity index (χ1v) is 5.78. The maximum atomic E-state index is 11.0. The van der Waals surface area contributed by atoms with Gasteiger partial charge in [-0.15, -0.1) is 0 Å². The summed E-state index contributed by atoms with van der Waals surface area (Å²) in [5.41, 5.74) is 0. The standard InChI is InChI=1S/C12H20O3/c1-3-5-6-7-10-11(15-10)8-9-12(13)14-4-2/h8-11H,3-7H2,1-2H3/b9-8+/t10-,11-/m1/s1. The Morgan fingerprint density at radius 3 is 2.87 bits per heavy atom. The van der Waals surface area contributed by atoms with Crippen LogP contribution in [0.25, 0.3) is 0 Å². The molecule has 0 amide bonds. The lowest BCUT2D eigenvalue weighted by atomic mass is 10.1. The molecule has 1 aliphatic rings. The number of carbonyl (C=O) groups excluding carboxylic acids is 1. The fourth-order valence-electron chi connectivity index (χ4n) is 1.52. The van der Waals surface area contributed by atoms with Gasteiger partial charge in [-0.2, -0.15) is 0 Å². The molecule has 0 aliphatic carbocycles. The van der Waals surface area contributed by atoms with Gasteiger partial charge in [-0.3, -0.25) is 0 Å². The van der Waals surface area contributed by atoms with E-state index in [4.69, 9.17) is 9.47 Å². The lowest BCUT2D eigenvalue weighted by Gasteiger charge is -1.93. The van der Waals surface area contributed by atoms with E-state index in [0.29, 0.717) is 12.7 Å². The molecule has 0 bridgehead atoms. The van der Waals surface area contributed by atoms with Gasteiger partial charge in [-0.05, 0) is 19.4 Å². The monoisotopic (exact) mass is 212 g/mol. The molecule has 0 aromatic heterocycles. The molecule has 2 atom stereocenters. The number of rotatable bonds is 7. The fraction of sp³-hybridized carbons (Fsp3) is 0.750. The minimum atomic E-state index is -0.277. The number of ether oxygens (including phenoxy) is 2. The van der Waals surface area contributed by atoms with Gasteiger partial charge < -0.3 is 9.47 Å². The van der Waals surface area contributed by atoms with Crippen molar-refractivity contribution in [3.05, 3.63) is 12.2 Å². The fourth-order valence-corrected chi connectivity index (χ4v) is 1.52. The predicted molar refractivity (Wildman–Crippen MR) is 58.6 cm³/mol. The molecule has 0 saturated carbocycles. The van der Waals surface area contributed by atoms with Crippen molar-refractivity contribution in [2.45, 2.75) is 51.7 Å². The number of carbonyl (C=O) groups is 1. The highest BCUT2D eigenvalue weighted by Gasteiger charge is 2.35. The van der Waals surface area contributed by atoms with Crippen molar-refractivity contribution in [1.82, 2.24) is 0 Å². The molecule has 1 rings (SSSR count). The SMILES string of the molecule is CCCCC[C@H]1O[C@@H]1/C=C/C(=O)OCC. The molecular formula is C12H20O3. The summed E-state index contributed by atoms with van der Waals surface area (Å²) in [6.45, 7) is 4.41. The smallest absolute Gasteiger partial charge is 0.330 e. The molecule has 1 heterocycles. The average molecular weight is 212 g/mol. The van der Waals surface area contributed by atoms with Crippen molar-refractivity contribution in [2.75, 3.05) is 6.61 Å². The minimum absolute atomic E-state index is 0.145. The van der Waals surface area contributed by atoms with E-state index < -0.39 is 0 Å². The summed E-state index contributed by atoms with van der Waals surface area (Å²) in [7, 11) is 0. The largest absolute Gasteiger partial charge is 0.463 e. The van der Waals surface area contributed by atoms with E-state index in [2.05, 4.69) is 6.92 Å². The van der Waals surface area contributed by atoms with Crippen LogP contribution in [0.4, 0.5) is 0 Å². The second kappa shape index (κ2) is 6.62. The second-order valence-electron chi connectivity index (χ2n) is 3.75. The summed E-state index contributed by atoms with van der Waals surface area (Å²) in [4.78, 5) is 11.0. The van der Waals surface area contributed by atoms with Crippen molar-refractivity contribution in [3.8, 4) is 0 Å². The van der Waals surface area contributed by atoms with Crippen LogP contribution >= 0.6 is 0 Å². The highest BCUT2D eigenvalue weighted by atomic mass is 16.6. The van der Waals surface area contributed by atoms with Crippen LogP contribution < -0.4 is 0 Å². The van der Waals surface area contributed by atoms with Crippen LogP contribution in [0.3, 0.4) is 0 Å². The van der Waals surface area contributed by atoms with Gasteiger partial charge in [0.2, 0.25) is 0 Å². The van der Waals surface area contributed by atoms with Crippen LogP contribution in [0.1, 0.15) is 39.5 Å². The highest BCUT2D eigenvalue weighted by molar-refractivity contribution is 5.82. The molecule has 15 heavy (non-hydrogen) atoms. The molecule has 0 radical (unpaired) electrons. The first-order valence-electron chi connectivity index (χ1n) is 5.78. The third-order valence-corrected chi connectivity index (χ3v) is 2.42. The maximum absolute atomic E-state index is 11.0. The van der Waals surface area contributed by atoms with Crippen LogP contribution in [0.2, 0.25) is 0 Å². The number of unbranched alkanes of at least 4 members (excludes halogenated alkanes) is 2. The minimum Gasteiger partial charge on any atom is -0.463 e. The summed E-state index contributed by atoms with van der Waals surface area (Å²) in [6.07, 6.45) is 8.55. The van der Waals surface area contributed by atoms with E-state index in [9.17, 15) is 4.79 Å². The third kappa shape index (κ3) is 4.98. The lowest BCUT2D eigenvalue weighted by molar-refractivity contribution is -0.137. The van der Waals surface area contributed by atoms with Crippen molar-refractivity contribution in [3.63, 3.8) is 0 Å². The predicted octanol–water partition coefficient (Wildman–Crippen LogP) is 2.45. The third-order valence-electron chi connectivity index (χ3n) is 2.42. The molecule has 0 spiro atoms. The van der Waals surface area contributed by atoms with Crippen LogP contribution in [-0.4, -0.2) is 24.8 Å². The molecule has 0 unspecified atom stereocenters. The summed E-state index contributed by atoms with van der Waals surface area (Å²) in [6, 6.07) is 0. The summed E-state index contributed by atoms with van der Waals surface area (Å²) >= 11 is 0. The molecule has 1 saturated heterocycles. The van der Waals surface area contributed by atoms with E-state index in [-0.39, 0.29) is 12.1 Å². The van der Waals surface area contributed by atoms with Crippen LogP contribution in [0.5, 0.6) is 0 Å². The summed E-state index contributed by atoms with van der Waals surface area (Å²) < 4.78 is 10.2. The zero-order valence-electron chi connectivity index (χ0n) is 9.57. The van der Waals surface area contributed by atoms with Crippen molar-refractivity contribution in [2.24, 2.45) is 0 Å². The van der Waals surface area contributed by atoms with Crippen LogP contribution in [0, 0.1) is 0 Å². The van der Waals surface area contributed by atoms with Gasteiger partial charge >= 0.3 is 5.97 Å². The van der Waals surface area contributed by atoms with Gasteiger partial charge in [0.15, 0.2) is 0 Å². The molecule has 86 valence electrons. The number of esters is 1. The lowest BCUT2D eigenvalue weighted by Crippen LogP contribution is -2.00. The van der Waals surface area contributed by atoms with Gasteiger partial charge in [0.25, 0.3) is 0 Å². The van der Waals surface area contributed by atoms with Crippen LogP contribution in [0.15, 0.2) is 12.2 Å². The van der Waals surface area contributed by atoms with Gasteiger partial charge in [-0.1, -0.05) is 26.2 Å². The molecule has 0 N–H and O–H groups in total. The number of hydrogen-bond acceptors (Lipinski definition) is 3. The summed E-state index contributed by atoms with van der Waals surface area (Å²) in [5.74, 6) is -0.277. The van der Waals surface area contributed by atoms with E-state index in [1.807, 2.05) is 0 Å². The van der Waals surface area contributed by atoms with Gasteiger partial charge in [0, 0.05) is 6.08 Å². The van der Waals surface area contributed by atoms with Crippen molar-refractivity contribution >= 4 is 5.97 Å². The molecule has 3 nitrogen and oxygen atoms in total. The first-order chi connectivity index (χ1) is 7.27. The number of hydrogen-bond donors (Lipinski definition) is 0. The molecule has 3 heteroatoms. The molecule has 1 fully saturated rings. The maximum Gasteiger partial charge on any atom is 0.330 e. The average Bonchev–Trinajstić information content (AvgIpc) is 2.95. The van der Waals surface area contributed by atoms with E-state index in [0.717, 1.165) is 6.42 Å². The first kappa shape index (κ1) is 12.2. The Hall–Kier alpha value is -0.830. The summed E-state index contributed by atoms with van der Waals surface area (Å²) in [5, 5.41) is 0. The van der Waals surface area contributed by atoms with Crippen LogP contribution in [-0.2, 0) is 14.3 Å². The van der Waals surface area contributed by atoms with E-state index in [1.54, 1.807) is 13.0 Å². The molecular weight excluding hydrogens is 192 g/mol. The Morgan fingerprint density at radius 2 is 2.20 bits per heavy atom. The van der Waals surface area contributed by atoms with Gasteiger partial charge in [-0.25, -0.2) is 4.79 Å². The Bertz CT molecular complexity index is 223. The number of epoxide rings is 1. The molecule has 0 aromatic rings. The zero-order chi connectivity index (χ0) is 11.1. The highest BCUT2D eigenvalue weighted by Crippen LogP contribution is 2.28. The Kier molecular flexibility index (Phi) is 5.40. The van der Waals surface area contributed by atoms with E-state index >= 15 is 0 Å². The Labute approximate surface area is 91.4 Å². The Balaban J connectivity index is 2.07. The Morgan fingerprint density at radius 1 is 1.40 bits per heavy atom. The molecule has 0 aromatic carbocycles. The van der Waals surface area contributed by atoms with Gasteiger partial charge in [0.1, 0.15) is 6.10 Å². The topological polar surface area (TPSA) is 38.8 Å². The van der Waals surface area contributed by atoms with E-state index in [1.165, 1.54) is 25.3 Å². The second-order valence-corrected chi connectivity index (χ2v) is 3.75. The quantitative estimate of drug-likeness (QED) is 0.281.